The first-order valence-electron chi connectivity index (χ1n) is 26.3. The van der Waals surface area contributed by atoms with Crippen LogP contribution in [0.2, 0.25) is 0 Å². The van der Waals surface area contributed by atoms with Crippen molar-refractivity contribution in [2.75, 3.05) is 45.8 Å². The molecular formula is C60H85FN6O6U. The van der Waals surface area contributed by atoms with Gasteiger partial charge in [-0.05, 0) is 154 Å². The molecule has 402 valence electrons. The molecular weight excluding hydrogens is 1160 g/mol. The zero-order chi connectivity index (χ0) is 53.9. The number of halogens is 1. The molecule has 74 heavy (non-hydrogen) atoms. The maximum absolute atomic E-state index is 16.9. The Kier molecular flexibility index (Phi) is 30.3. The zero-order valence-corrected chi connectivity index (χ0v) is 49.7. The Balaban J connectivity index is 0.00000297. The standard InChI is InChI=1S/C56H80FN6O5.C4H5O.U/c1-9-12-14-15-17-21-47-45(11-3)48(46-31-30-43(34-49(46)57)42-28-26-41(27-29-42)40-24-22-39(23-25-40)19-16-13-10-2)33-44(20-18-32-68-51(58)38(4)5)50(47)61-35-56(6,36-62-54(64)52(59)66-7)37-63-55(65)53(60)67-8;1-4(2)3-5;/h26-31,33-34,39-40,58-61H,4,6,9-25,32,35-37H2,1-3,5,7-8H3,(H,62,64)(H,63,65);1H2,2H3;/q2*-1;+2. The van der Waals surface area contributed by atoms with Crippen molar-refractivity contribution in [1.82, 2.24) is 10.6 Å². The van der Waals surface area contributed by atoms with Crippen LogP contribution in [-0.4, -0.2) is 76.3 Å². The monoisotopic (exact) mass is 1240 g/mol. The molecule has 0 aliphatic heterocycles. The van der Waals surface area contributed by atoms with E-state index in [2.05, 4.69) is 87.1 Å². The van der Waals surface area contributed by atoms with Crippen LogP contribution in [0.3, 0.4) is 0 Å². The Morgan fingerprint density at radius 3 is 1.84 bits per heavy atom. The average molecular weight is 1240 g/mol. The first-order valence-corrected chi connectivity index (χ1v) is 26.3. The van der Waals surface area contributed by atoms with Gasteiger partial charge in [0.1, 0.15) is 5.82 Å². The van der Waals surface area contributed by atoms with Gasteiger partial charge in [-0.2, -0.15) is 5.57 Å². The van der Waals surface area contributed by atoms with Crippen LogP contribution in [0.5, 0.6) is 0 Å². The van der Waals surface area contributed by atoms with Crippen molar-refractivity contribution in [3.63, 3.8) is 0 Å². The van der Waals surface area contributed by atoms with Crippen LogP contribution in [-0.2, 0) is 47.9 Å². The summed E-state index contributed by atoms with van der Waals surface area (Å²) in [6.07, 6.45) is 19.7. The van der Waals surface area contributed by atoms with E-state index in [-0.39, 0.29) is 69.1 Å². The number of allylic oxidation sites excluding steroid dienone is 1. The third kappa shape index (κ3) is 21.3. The first-order chi connectivity index (χ1) is 34.9. The topological polar surface area (TPSA) is 187 Å². The van der Waals surface area contributed by atoms with Gasteiger partial charge in [-0.15, -0.1) is 5.41 Å². The number of ether oxygens (including phenoxy) is 3. The molecule has 3 aromatic carbocycles. The quantitative estimate of drug-likeness (QED) is 0.0144. The Morgan fingerprint density at radius 2 is 1.31 bits per heavy atom. The molecule has 0 aromatic heterocycles. The third-order valence-corrected chi connectivity index (χ3v) is 13.7. The Labute approximate surface area is 466 Å². The average Bonchev–Trinajstić information content (AvgIpc) is 3.39. The fraction of sp³-hybridized carbons (Fsp3) is 0.517. The van der Waals surface area contributed by atoms with Gasteiger partial charge in [0.15, 0.2) is 0 Å². The molecule has 0 heterocycles. The molecule has 0 spiro atoms. The van der Waals surface area contributed by atoms with Crippen LogP contribution < -0.4 is 16.0 Å². The van der Waals surface area contributed by atoms with Gasteiger partial charge in [0, 0.05) is 16.8 Å². The molecule has 1 fully saturated rings. The number of anilines is 1. The number of aryl methyl sites for hydroxylation is 1. The number of carbonyl (C=O) groups is 2. The minimum atomic E-state index is -1.08. The summed E-state index contributed by atoms with van der Waals surface area (Å²) in [7, 11) is 2.48. The molecule has 2 amide bonds. The van der Waals surface area contributed by atoms with Crippen molar-refractivity contribution >= 4 is 41.5 Å². The van der Waals surface area contributed by atoms with Gasteiger partial charge in [-0.1, -0.05) is 122 Å². The van der Waals surface area contributed by atoms with Gasteiger partial charge >= 0.3 is 42.9 Å². The van der Waals surface area contributed by atoms with Crippen molar-refractivity contribution in [2.45, 2.75) is 150 Å². The second-order valence-corrected chi connectivity index (χ2v) is 19.7. The van der Waals surface area contributed by atoms with E-state index in [0.717, 1.165) is 83.5 Å². The molecule has 1 aliphatic carbocycles. The Morgan fingerprint density at radius 1 is 0.743 bits per heavy atom. The van der Waals surface area contributed by atoms with E-state index in [1.807, 2.05) is 12.1 Å². The summed E-state index contributed by atoms with van der Waals surface area (Å²) in [4.78, 5) is 34.7. The van der Waals surface area contributed by atoms with Crippen LogP contribution in [0, 0.1) is 71.4 Å². The van der Waals surface area contributed by atoms with Gasteiger partial charge in [-0.25, -0.2) is 11.0 Å². The van der Waals surface area contributed by atoms with E-state index in [1.165, 1.54) is 71.1 Å². The molecule has 1 saturated carbocycles. The van der Waals surface area contributed by atoms with Crippen LogP contribution in [0.25, 0.3) is 22.3 Å². The molecule has 0 radical (unpaired) electrons. The second kappa shape index (κ2) is 34.5. The van der Waals surface area contributed by atoms with Crippen molar-refractivity contribution in [1.29, 1.82) is 16.2 Å². The van der Waals surface area contributed by atoms with E-state index in [1.54, 1.807) is 26.2 Å². The normalized spacial score (nSPS) is 14.6. The number of nitrogens with one attached hydrogen (secondary N) is 6. The molecule has 0 atom stereocenters. The Bertz CT molecular complexity index is 2290. The van der Waals surface area contributed by atoms with Crippen molar-refractivity contribution in [2.24, 2.45) is 11.3 Å². The third-order valence-electron chi connectivity index (χ3n) is 13.7. The summed E-state index contributed by atoms with van der Waals surface area (Å²) in [6, 6.07) is 16.4. The molecule has 3 aromatic rings. The molecule has 0 bridgehead atoms. The van der Waals surface area contributed by atoms with Crippen LogP contribution in [0.4, 0.5) is 10.1 Å². The summed E-state index contributed by atoms with van der Waals surface area (Å²) in [5.41, 5.74) is 8.34. The van der Waals surface area contributed by atoms with Gasteiger partial charge in [0.2, 0.25) is 5.90 Å². The fourth-order valence-corrected chi connectivity index (χ4v) is 9.32. The van der Waals surface area contributed by atoms with E-state index in [9.17, 15) is 14.4 Å². The van der Waals surface area contributed by atoms with Gasteiger partial charge in [-0.3, -0.25) is 25.8 Å². The van der Waals surface area contributed by atoms with Crippen LogP contribution in [0.1, 0.15) is 153 Å². The maximum atomic E-state index is 16.9. The fourth-order valence-electron chi connectivity index (χ4n) is 9.32. The number of hydrogen-bond acceptors (Lipinski definition) is 10. The molecule has 1 aliphatic rings. The largest absolute Gasteiger partial charge is 2.00 e. The minimum Gasteiger partial charge on any atom is -0.478 e. The summed E-state index contributed by atoms with van der Waals surface area (Å²) >= 11 is 0. The van der Waals surface area contributed by atoms with Crippen LogP contribution in [0.15, 0.2) is 72.8 Å². The maximum Gasteiger partial charge on any atom is 2.00 e. The predicted molar refractivity (Wildman–Crippen MR) is 297 cm³/mol. The number of rotatable bonds is 27. The van der Waals surface area contributed by atoms with Gasteiger partial charge in [0.05, 0.1) is 20.8 Å². The van der Waals surface area contributed by atoms with Crippen LogP contribution >= 0.6 is 0 Å². The summed E-state index contributed by atoms with van der Waals surface area (Å²) in [5, 5.41) is 33.0. The molecule has 4 rings (SSSR count). The summed E-state index contributed by atoms with van der Waals surface area (Å²) in [5.74, 6) is -1.44. The molecule has 0 unspecified atom stereocenters. The number of carbonyl (C=O) groups excluding carboxylic acids is 3. The number of methoxy groups -OCH3 is 2. The number of hydrogen-bond donors (Lipinski definition) is 6. The summed E-state index contributed by atoms with van der Waals surface area (Å²) < 4.78 is 32.3. The smallest absolute Gasteiger partial charge is 0.478 e. The molecule has 6 N–H and O–H groups in total. The Hall–Kier alpha value is -5.06. The zero-order valence-electron chi connectivity index (χ0n) is 45.6. The number of benzene rings is 3. The molecule has 12 nitrogen and oxygen atoms in total. The van der Waals surface area contributed by atoms with Gasteiger partial charge in [0.25, 0.3) is 11.8 Å². The predicted octanol–water partition coefficient (Wildman–Crippen LogP) is 13.0. The van der Waals surface area contributed by atoms with E-state index < -0.39 is 29.0 Å². The number of amides is 2. The van der Waals surface area contributed by atoms with E-state index in [0.29, 0.717) is 41.9 Å². The van der Waals surface area contributed by atoms with Gasteiger partial charge < -0.3 is 41.9 Å². The van der Waals surface area contributed by atoms with E-state index in [4.69, 9.17) is 30.4 Å². The van der Waals surface area contributed by atoms with Crippen molar-refractivity contribution < 1.29 is 64.1 Å². The number of unbranched alkanes of at least 4 members (excludes halogenated alkanes) is 6. The second-order valence-electron chi connectivity index (χ2n) is 19.7. The minimum absolute atomic E-state index is 0. The van der Waals surface area contributed by atoms with Crippen molar-refractivity contribution in [3.8, 4) is 22.3 Å². The SMILES string of the molecule is C=C(C)C(=N)OCCCc1cc(-c2ccc(-c3ccc(C4CCC(CCCCC)CC4)cc3)cc2F)c(CC)c(CCCCCCC)c1NCC([CH2-])(CNC(=O)C(=N)OC)CNC(=O)C(=N)OC.C=C(C)[C-]=O.[U+2]. The first kappa shape index (κ1) is 65.1. The molecule has 14 heteroatoms. The van der Waals surface area contributed by atoms with Crippen molar-refractivity contribution in [3.05, 3.63) is 108 Å². The van der Waals surface area contributed by atoms with E-state index >= 15 is 4.39 Å². The summed E-state index contributed by atoms with van der Waals surface area (Å²) in [6.45, 7) is 21.7. The molecule has 0 saturated heterocycles.